The summed E-state index contributed by atoms with van der Waals surface area (Å²) < 4.78 is 46.6. The number of piperidine rings is 1. The Kier molecular flexibility index (Phi) is 7.99. The zero-order chi connectivity index (χ0) is 27.4. The molecule has 4 aromatic rings. The van der Waals surface area contributed by atoms with Crippen LogP contribution in [0.4, 0.5) is 4.39 Å². The first kappa shape index (κ1) is 26.9. The SMILES string of the molecule is NC(=O)Cc1cc(-c2ccccc2)cc2c(C3CCN(S(=O)(=O)CCCOc4ccccc4F)CC3)c[nH]c12. The van der Waals surface area contributed by atoms with Crippen LogP contribution in [0.3, 0.4) is 0 Å². The Morgan fingerprint density at radius 1 is 1.03 bits per heavy atom. The highest BCUT2D eigenvalue weighted by molar-refractivity contribution is 7.89. The van der Waals surface area contributed by atoms with Gasteiger partial charge in [-0.05, 0) is 71.7 Å². The Labute approximate surface area is 227 Å². The van der Waals surface area contributed by atoms with Crippen LogP contribution in [0.2, 0.25) is 0 Å². The topological polar surface area (TPSA) is 105 Å². The van der Waals surface area contributed by atoms with E-state index in [1.54, 1.807) is 16.4 Å². The highest BCUT2D eigenvalue weighted by atomic mass is 32.2. The highest BCUT2D eigenvalue weighted by Gasteiger charge is 2.30. The zero-order valence-electron chi connectivity index (χ0n) is 21.6. The third-order valence-corrected chi connectivity index (χ3v) is 9.26. The summed E-state index contributed by atoms with van der Waals surface area (Å²) >= 11 is 0. The quantitative estimate of drug-likeness (QED) is 0.272. The number of benzene rings is 3. The lowest BCUT2D eigenvalue weighted by Gasteiger charge is -2.31. The molecule has 1 aliphatic heterocycles. The van der Waals surface area contributed by atoms with Crippen molar-refractivity contribution in [2.24, 2.45) is 5.73 Å². The maximum Gasteiger partial charge on any atom is 0.221 e. The number of nitrogens with zero attached hydrogens (tertiary/aromatic N) is 1. The van der Waals surface area contributed by atoms with E-state index in [0.29, 0.717) is 25.9 Å². The van der Waals surface area contributed by atoms with Crippen molar-refractivity contribution in [1.82, 2.24) is 9.29 Å². The molecule has 1 aromatic heterocycles. The van der Waals surface area contributed by atoms with Crippen LogP contribution in [0.1, 0.15) is 36.3 Å². The van der Waals surface area contributed by atoms with Crippen LogP contribution in [0.15, 0.2) is 72.9 Å². The van der Waals surface area contributed by atoms with Gasteiger partial charge >= 0.3 is 0 Å². The van der Waals surface area contributed by atoms with Crippen LogP contribution < -0.4 is 10.5 Å². The van der Waals surface area contributed by atoms with Crippen molar-refractivity contribution in [1.29, 1.82) is 0 Å². The van der Waals surface area contributed by atoms with Crippen LogP contribution in [0.25, 0.3) is 22.0 Å². The second kappa shape index (κ2) is 11.6. The van der Waals surface area contributed by atoms with Crippen LogP contribution in [-0.2, 0) is 21.2 Å². The third-order valence-electron chi connectivity index (χ3n) is 7.30. The number of amides is 1. The van der Waals surface area contributed by atoms with Gasteiger partial charge < -0.3 is 15.5 Å². The molecule has 3 N–H and O–H groups in total. The molecule has 0 atom stereocenters. The smallest absolute Gasteiger partial charge is 0.221 e. The van der Waals surface area contributed by atoms with Crippen LogP contribution in [0.5, 0.6) is 5.75 Å². The van der Waals surface area contributed by atoms with Crippen molar-refractivity contribution in [3.05, 3.63) is 89.9 Å². The summed E-state index contributed by atoms with van der Waals surface area (Å²) in [5.74, 6) is -0.588. The number of carbonyl (C=O) groups is 1. The number of hydrogen-bond donors (Lipinski definition) is 2. The Morgan fingerprint density at radius 3 is 2.46 bits per heavy atom. The van der Waals surface area contributed by atoms with Gasteiger partial charge in [-0.15, -0.1) is 0 Å². The predicted octanol–water partition coefficient (Wildman–Crippen LogP) is 4.98. The number of primary amides is 1. The number of para-hydroxylation sites is 1. The summed E-state index contributed by atoms with van der Waals surface area (Å²) in [5, 5.41) is 1.04. The first-order valence-electron chi connectivity index (χ1n) is 13.1. The van der Waals surface area contributed by atoms with Crippen molar-refractivity contribution in [2.75, 3.05) is 25.4 Å². The number of aromatic amines is 1. The van der Waals surface area contributed by atoms with Gasteiger partial charge in [-0.2, -0.15) is 0 Å². The van der Waals surface area contributed by atoms with Crippen molar-refractivity contribution in [2.45, 2.75) is 31.6 Å². The molecule has 0 aliphatic carbocycles. The van der Waals surface area contributed by atoms with Gasteiger partial charge in [-0.3, -0.25) is 4.79 Å². The molecule has 39 heavy (non-hydrogen) atoms. The molecule has 0 bridgehead atoms. The number of rotatable bonds is 10. The molecule has 1 fully saturated rings. The molecule has 0 saturated carbocycles. The van der Waals surface area contributed by atoms with Gasteiger partial charge in [0.25, 0.3) is 0 Å². The van der Waals surface area contributed by atoms with E-state index in [1.165, 1.54) is 12.1 Å². The number of nitrogens with two attached hydrogens (primary N) is 1. The fourth-order valence-corrected chi connectivity index (χ4v) is 6.86. The van der Waals surface area contributed by atoms with Crippen LogP contribution in [0, 0.1) is 5.82 Å². The van der Waals surface area contributed by atoms with Gasteiger partial charge in [0.15, 0.2) is 11.6 Å². The maximum atomic E-state index is 13.7. The van der Waals surface area contributed by atoms with E-state index in [-0.39, 0.29) is 36.9 Å². The lowest BCUT2D eigenvalue weighted by molar-refractivity contribution is -0.117. The Hall–Kier alpha value is -3.69. The maximum absolute atomic E-state index is 13.7. The molecule has 1 aliphatic rings. The molecule has 0 spiro atoms. The van der Waals surface area contributed by atoms with Crippen LogP contribution in [-0.4, -0.2) is 49.1 Å². The van der Waals surface area contributed by atoms with Gasteiger partial charge in [0.05, 0.1) is 18.8 Å². The number of carbonyl (C=O) groups excluding carboxylic acids is 1. The minimum absolute atomic E-state index is 0.0455. The summed E-state index contributed by atoms with van der Waals surface area (Å²) in [6.07, 6.45) is 3.79. The molecule has 0 unspecified atom stereocenters. The lowest BCUT2D eigenvalue weighted by Crippen LogP contribution is -2.39. The van der Waals surface area contributed by atoms with Gasteiger partial charge in [-0.25, -0.2) is 17.1 Å². The number of sulfonamides is 1. The average molecular weight is 550 g/mol. The van der Waals surface area contributed by atoms with Crippen molar-refractivity contribution in [3.8, 4) is 16.9 Å². The van der Waals surface area contributed by atoms with Gasteiger partial charge in [0.2, 0.25) is 15.9 Å². The van der Waals surface area contributed by atoms with E-state index in [0.717, 1.165) is 33.2 Å². The molecule has 2 heterocycles. The first-order chi connectivity index (χ1) is 18.8. The molecule has 9 heteroatoms. The van der Waals surface area contributed by atoms with Gasteiger partial charge in [-0.1, -0.05) is 42.5 Å². The van der Waals surface area contributed by atoms with Gasteiger partial charge in [0, 0.05) is 30.2 Å². The molecular weight excluding hydrogens is 517 g/mol. The lowest BCUT2D eigenvalue weighted by atomic mass is 9.88. The minimum Gasteiger partial charge on any atom is -0.490 e. The van der Waals surface area contributed by atoms with Crippen molar-refractivity contribution in [3.63, 3.8) is 0 Å². The standard InChI is InChI=1S/C30H32FN3O4S/c31-27-9-4-5-10-28(27)38-15-6-16-39(36,37)34-13-11-22(12-14-34)26-20-33-30-24(19-29(32)35)17-23(18-25(26)30)21-7-2-1-3-8-21/h1-5,7-10,17-18,20,22,33H,6,11-16,19H2,(H2,32,35). The van der Waals surface area contributed by atoms with E-state index in [2.05, 4.69) is 11.1 Å². The van der Waals surface area contributed by atoms with Crippen molar-refractivity contribution >= 4 is 26.8 Å². The monoisotopic (exact) mass is 549 g/mol. The molecule has 1 amide bonds. The van der Waals surface area contributed by atoms with E-state index in [9.17, 15) is 17.6 Å². The number of aromatic nitrogens is 1. The zero-order valence-corrected chi connectivity index (χ0v) is 22.4. The summed E-state index contributed by atoms with van der Waals surface area (Å²) in [5.41, 5.74) is 10.5. The number of halogens is 1. The summed E-state index contributed by atoms with van der Waals surface area (Å²) in [6, 6.07) is 20.2. The van der Waals surface area contributed by atoms with Gasteiger partial charge in [0.1, 0.15) is 0 Å². The third kappa shape index (κ3) is 6.15. The molecule has 5 rings (SSSR count). The average Bonchev–Trinajstić information content (AvgIpc) is 3.37. The summed E-state index contributed by atoms with van der Waals surface area (Å²) in [7, 11) is -3.45. The van der Waals surface area contributed by atoms with E-state index < -0.39 is 21.7 Å². The molecule has 0 radical (unpaired) electrons. The molecule has 1 saturated heterocycles. The van der Waals surface area contributed by atoms with Crippen LogP contribution >= 0.6 is 0 Å². The molecular formula is C30H32FN3O4S. The fraction of sp³-hybridized carbons (Fsp3) is 0.300. The molecule has 7 nitrogen and oxygen atoms in total. The summed E-state index contributed by atoms with van der Waals surface area (Å²) in [4.78, 5) is 15.2. The molecule has 3 aromatic carbocycles. The second-order valence-corrected chi connectivity index (χ2v) is 12.0. The molecule has 204 valence electrons. The Bertz CT molecular complexity index is 1560. The fourth-order valence-electron chi connectivity index (χ4n) is 5.35. The number of nitrogens with one attached hydrogen (secondary N) is 1. The van der Waals surface area contributed by atoms with E-state index in [4.69, 9.17) is 10.5 Å². The Morgan fingerprint density at radius 2 is 1.74 bits per heavy atom. The Balaban J connectivity index is 1.27. The van der Waals surface area contributed by atoms with E-state index >= 15 is 0 Å². The highest BCUT2D eigenvalue weighted by Crippen LogP contribution is 2.37. The number of fused-ring (bicyclic) bond motifs is 1. The summed E-state index contributed by atoms with van der Waals surface area (Å²) in [6.45, 7) is 0.990. The number of ether oxygens (including phenoxy) is 1. The normalized spacial score (nSPS) is 15.0. The first-order valence-corrected chi connectivity index (χ1v) is 14.8. The second-order valence-electron chi connectivity index (χ2n) is 9.93. The predicted molar refractivity (Wildman–Crippen MR) is 150 cm³/mol. The number of H-pyrrole nitrogens is 1. The van der Waals surface area contributed by atoms with Crippen molar-refractivity contribution < 1.29 is 22.3 Å². The largest absolute Gasteiger partial charge is 0.490 e. The van der Waals surface area contributed by atoms with E-state index in [1.807, 2.05) is 42.6 Å². The minimum atomic E-state index is -3.45. The number of hydrogen-bond acceptors (Lipinski definition) is 4.